The third-order valence-corrected chi connectivity index (χ3v) is 2.04. The maximum absolute atomic E-state index is 11.4. The van der Waals surface area contributed by atoms with Crippen LogP contribution in [0.2, 0.25) is 0 Å². The molecule has 4 heteroatoms. The quantitative estimate of drug-likeness (QED) is 0.776. The first kappa shape index (κ1) is 13.7. The van der Waals surface area contributed by atoms with E-state index in [9.17, 15) is 4.79 Å². The molecule has 1 aromatic carbocycles. The molecule has 1 amide bonds. The minimum absolute atomic E-state index is 0.0491. The monoisotopic (exact) mass is 236 g/mol. The van der Waals surface area contributed by atoms with E-state index in [1.165, 1.54) is 0 Å². The number of ether oxygens (including phenoxy) is 1. The average molecular weight is 236 g/mol. The second kappa shape index (κ2) is 6.37. The van der Waals surface area contributed by atoms with Crippen LogP contribution < -0.4 is 11.1 Å². The Morgan fingerprint density at radius 3 is 2.59 bits per heavy atom. The molecule has 0 aliphatic rings. The van der Waals surface area contributed by atoms with Gasteiger partial charge in [0.2, 0.25) is 5.91 Å². The molecule has 0 saturated carbocycles. The molecule has 94 valence electrons. The van der Waals surface area contributed by atoms with Gasteiger partial charge in [-0.05, 0) is 19.4 Å². The molecule has 0 radical (unpaired) electrons. The fourth-order valence-electron chi connectivity index (χ4n) is 1.25. The normalized spacial score (nSPS) is 11.2. The summed E-state index contributed by atoms with van der Waals surface area (Å²) in [4.78, 5) is 11.4. The third kappa shape index (κ3) is 6.71. The zero-order chi connectivity index (χ0) is 12.7. The van der Waals surface area contributed by atoms with Gasteiger partial charge in [0.05, 0.1) is 6.61 Å². The Morgan fingerprint density at radius 2 is 2.00 bits per heavy atom. The maximum Gasteiger partial charge on any atom is 0.246 e. The van der Waals surface area contributed by atoms with E-state index in [1.54, 1.807) is 0 Å². The lowest BCUT2D eigenvalue weighted by Gasteiger charge is -2.17. The van der Waals surface area contributed by atoms with E-state index in [0.717, 1.165) is 5.56 Å². The van der Waals surface area contributed by atoms with Crippen molar-refractivity contribution in [1.82, 2.24) is 5.32 Å². The van der Waals surface area contributed by atoms with Crippen LogP contribution in [0.5, 0.6) is 0 Å². The molecule has 0 heterocycles. The summed E-state index contributed by atoms with van der Waals surface area (Å²) in [6, 6.07) is 9.75. The molecular weight excluding hydrogens is 216 g/mol. The molecule has 17 heavy (non-hydrogen) atoms. The van der Waals surface area contributed by atoms with Crippen LogP contribution >= 0.6 is 0 Å². The SMILES string of the molecule is CC(C)(N)COCC(=O)NCc1ccccc1. The lowest BCUT2D eigenvalue weighted by Crippen LogP contribution is -2.39. The molecule has 0 bridgehead atoms. The summed E-state index contributed by atoms with van der Waals surface area (Å²) in [5.41, 5.74) is 6.40. The zero-order valence-electron chi connectivity index (χ0n) is 10.4. The Hall–Kier alpha value is -1.39. The van der Waals surface area contributed by atoms with E-state index in [2.05, 4.69) is 5.32 Å². The highest BCUT2D eigenvalue weighted by Gasteiger charge is 2.11. The molecule has 0 spiro atoms. The van der Waals surface area contributed by atoms with E-state index in [-0.39, 0.29) is 12.5 Å². The van der Waals surface area contributed by atoms with Gasteiger partial charge in [0.25, 0.3) is 0 Å². The summed E-state index contributed by atoms with van der Waals surface area (Å²) in [6.45, 7) is 4.65. The summed E-state index contributed by atoms with van der Waals surface area (Å²) in [5.74, 6) is -0.127. The molecule has 0 fully saturated rings. The molecular formula is C13H20N2O2. The number of nitrogens with one attached hydrogen (secondary N) is 1. The van der Waals surface area contributed by atoms with Gasteiger partial charge in [-0.15, -0.1) is 0 Å². The van der Waals surface area contributed by atoms with Crippen molar-refractivity contribution < 1.29 is 9.53 Å². The van der Waals surface area contributed by atoms with Gasteiger partial charge < -0.3 is 15.8 Å². The van der Waals surface area contributed by atoms with E-state index < -0.39 is 5.54 Å². The van der Waals surface area contributed by atoms with Crippen LogP contribution in [0.15, 0.2) is 30.3 Å². The fraction of sp³-hybridized carbons (Fsp3) is 0.462. The molecule has 0 aromatic heterocycles. The van der Waals surface area contributed by atoms with Crippen molar-refractivity contribution in [3.63, 3.8) is 0 Å². The highest BCUT2D eigenvalue weighted by Crippen LogP contribution is 1.98. The van der Waals surface area contributed by atoms with Crippen LogP contribution in [0.1, 0.15) is 19.4 Å². The standard InChI is InChI=1S/C13H20N2O2/c1-13(2,14)10-17-9-12(16)15-8-11-6-4-3-5-7-11/h3-7H,8-10,14H2,1-2H3,(H,15,16). The molecule has 1 aromatic rings. The Bertz CT molecular complexity index is 344. The second-order valence-electron chi connectivity index (χ2n) is 4.74. The average Bonchev–Trinajstić information content (AvgIpc) is 2.26. The minimum atomic E-state index is -0.403. The number of nitrogens with two attached hydrogens (primary N) is 1. The predicted octanol–water partition coefficient (Wildman–Crippen LogP) is 1.06. The fourth-order valence-corrected chi connectivity index (χ4v) is 1.25. The summed E-state index contributed by atoms with van der Waals surface area (Å²) >= 11 is 0. The van der Waals surface area contributed by atoms with Gasteiger partial charge in [-0.2, -0.15) is 0 Å². The van der Waals surface area contributed by atoms with Crippen LogP contribution in [0.3, 0.4) is 0 Å². The Kier molecular flexibility index (Phi) is 5.12. The molecule has 1 rings (SSSR count). The van der Waals surface area contributed by atoms with E-state index in [1.807, 2.05) is 44.2 Å². The largest absolute Gasteiger partial charge is 0.370 e. The molecule has 0 unspecified atom stereocenters. The Balaban J connectivity index is 2.18. The summed E-state index contributed by atoms with van der Waals surface area (Å²) < 4.78 is 5.21. The Labute approximate surface area is 102 Å². The van der Waals surface area contributed by atoms with Crippen LogP contribution in [-0.2, 0) is 16.1 Å². The van der Waals surface area contributed by atoms with Gasteiger partial charge in [0, 0.05) is 12.1 Å². The summed E-state index contributed by atoms with van der Waals surface area (Å²) in [7, 11) is 0. The smallest absolute Gasteiger partial charge is 0.246 e. The highest BCUT2D eigenvalue weighted by molar-refractivity contribution is 5.77. The number of hydrogen-bond acceptors (Lipinski definition) is 3. The second-order valence-corrected chi connectivity index (χ2v) is 4.74. The number of rotatable bonds is 6. The summed E-state index contributed by atoms with van der Waals surface area (Å²) in [5, 5.41) is 2.78. The van der Waals surface area contributed by atoms with Crippen molar-refractivity contribution in [1.29, 1.82) is 0 Å². The van der Waals surface area contributed by atoms with Crippen LogP contribution in [-0.4, -0.2) is 24.7 Å². The van der Waals surface area contributed by atoms with Crippen LogP contribution in [0.25, 0.3) is 0 Å². The van der Waals surface area contributed by atoms with E-state index in [4.69, 9.17) is 10.5 Å². The van der Waals surface area contributed by atoms with Crippen molar-refractivity contribution in [2.24, 2.45) is 5.73 Å². The zero-order valence-corrected chi connectivity index (χ0v) is 10.4. The van der Waals surface area contributed by atoms with Crippen LogP contribution in [0.4, 0.5) is 0 Å². The third-order valence-electron chi connectivity index (χ3n) is 2.04. The lowest BCUT2D eigenvalue weighted by molar-refractivity contribution is -0.126. The Morgan fingerprint density at radius 1 is 1.35 bits per heavy atom. The number of carbonyl (C=O) groups excluding carboxylic acids is 1. The number of hydrogen-bond donors (Lipinski definition) is 2. The molecule has 0 saturated heterocycles. The van der Waals surface area contributed by atoms with Crippen molar-refractivity contribution in [3.8, 4) is 0 Å². The van der Waals surface area contributed by atoms with Crippen molar-refractivity contribution in [3.05, 3.63) is 35.9 Å². The number of carbonyl (C=O) groups is 1. The topological polar surface area (TPSA) is 64.3 Å². The lowest BCUT2D eigenvalue weighted by atomic mass is 10.1. The maximum atomic E-state index is 11.4. The summed E-state index contributed by atoms with van der Waals surface area (Å²) in [6.07, 6.45) is 0. The molecule has 0 aliphatic carbocycles. The number of amides is 1. The minimum Gasteiger partial charge on any atom is -0.370 e. The van der Waals surface area contributed by atoms with Gasteiger partial charge in [-0.25, -0.2) is 0 Å². The van der Waals surface area contributed by atoms with Crippen molar-refractivity contribution in [2.75, 3.05) is 13.2 Å². The first-order valence-electron chi connectivity index (χ1n) is 5.65. The highest BCUT2D eigenvalue weighted by atomic mass is 16.5. The van der Waals surface area contributed by atoms with Crippen LogP contribution in [0, 0.1) is 0 Å². The van der Waals surface area contributed by atoms with Gasteiger partial charge in [-0.3, -0.25) is 4.79 Å². The first-order chi connectivity index (χ1) is 7.97. The molecule has 0 atom stereocenters. The molecule has 0 aliphatic heterocycles. The van der Waals surface area contributed by atoms with Gasteiger partial charge in [0.1, 0.15) is 6.61 Å². The number of benzene rings is 1. The van der Waals surface area contributed by atoms with Gasteiger partial charge in [-0.1, -0.05) is 30.3 Å². The van der Waals surface area contributed by atoms with Crippen molar-refractivity contribution in [2.45, 2.75) is 25.9 Å². The predicted molar refractivity (Wildman–Crippen MR) is 67.4 cm³/mol. The van der Waals surface area contributed by atoms with Gasteiger partial charge >= 0.3 is 0 Å². The first-order valence-corrected chi connectivity index (χ1v) is 5.65. The van der Waals surface area contributed by atoms with Crippen molar-refractivity contribution >= 4 is 5.91 Å². The van der Waals surface area contributed by atoms with Gasteiger partial charge in [0.15, 0.2) is 0 Å². The van der Waals surface area contributed by atoms with E-state index >= 15 is 0 Å². The molecule has 3 N–H and O–H groups in total. The van der Waals surface area contributed by atoms with E-state index in [0.29, 0.717) is 13.2 Å². The molecule has 4 nitrogen and oxygen atoms in total.